The Kier molecular flexibility index (Phi) is 6.07. The lowest BCUT2D eigenvalue weighted by molar-refractivity contribution is -0.153. The van der Waals surface area contributed by atoms with Crippen LogP contribution in [0.3, 0.4) is 0 Å². The van der Waals surface area contributed by atoms with Crippen molar-refractivity contribution in [3.8, 4) is 0 Å². The third-order valence-electron chi connectivity index (χ3n) is 2.97. The SMILES string of the molecule is CCOC(=O)C(C)N1CCOC(CC(=O)OC)C1. The summed E-state index contributed by atoms with van der Waals surface area (Å²) >= 11 is 0. The lowest BCUT2D eigenvalue weighted by atomic mass is 10.1. The Morgan fingerprint density at radius 3 is 2.83 bits per heavy atom. The van der Waals surface area contributed by atoms with Crippen LogP contribution in [0.25, 0.3) is 0 Å². The zero-order chi connectivity index (χ0) is 13.5. The number of hydrogen-bond donors (Lipinski definition) is 0. The van der Waals surface area contributed by atoms with Gasteiger partial charge in [-0.25, -0.2) is 0 Å². The number of rotatable bonds is 5. The summed E-state index contributed by atoms with van der Waals surface area (Å²) in [4.78, 5) is 24.8. The summed E-state index contributed by atoms with van der Waals surface area (Å²) in [5.74, 6) is -0.540. The van der Waals surface area contributed by atoms with Gasteiger partial charge in [-0.3, -0.25) is 14.5 Å². The molecule has 0 saturated carbocycles. The molecule has 0 spiro atoms. The van der Waals surface area contributed by atoms with Crippen molar-refractivity contribution in [2.24, 2.45) is 0 Å². The van der Waals surface area contributed by atoms with E-state index in [-0.39, 0.29) is 30.5 Å². The predicted octanol–water partition coefficient (Wildman–Crippen LogP) is 0.202. The molecule has 104 valence electrons. The molecule has 0 aromatic heterocycles. The summed E-state index contributed by atoms with van der Waals surface area (Å²) in [7, 11) is 1.35. The molecule has 1 heterocycles. The van der Waals surface area contributed by atoms with Crippen molar-refractivity contribution < 1.29 is 23.8 Å². The van der Waals surface area contributed by atoms with Crippen LogP contribution in [0.2, 0.25) is 0 Å². The van der Waals surface area contributed by atoms with Crippen molar-refractivity contribution in [1.82, 2.24) is 4.90 Å². The molecule has 6 heteroatoms. The van der Waals surface area contributed by atoms with E-state index >= 15 is 0 Å². The maximum Gasteiger partial charge on any atom is 0.323 e. The van der Waals surface area contributed by atoms with Crippen molar-refractivity contribution in [2.75, 3.05) is 33.4 Å². The molecule has 1 rings (SSSR count). The molecule has 1 saturated heterocycles. The van der Waals surface area contributed by atoms with Crippen LogP contribution in [-0.2, 0) is 23.8 Å². The number of methoxy groups -OCH3 is 1. The van der Waals surface area contributed by atoms with Gasteiger partial charge in [0.1, 0.15) is 6.04 Å². The average molecular weight is 259 g/mol. The van der Waals surface area contributed by atoms with E-state index in [0.717, 1.165) is 0 Å². The summed E-state index contributed by atoms with van der Waals surface area (Å²) in [5, 5.41) is 0. The van der Waals surface area contributed by atoms with Crippen molar-refractivity contribution in [2.45, 2.75) is 32.4 Å². The average Bonchev–Trinajstić information content (AvgIpc) is 2.38. The number of carbonyl (C=O) groups excluding carboxylic acids is 2. The molecule has 2 atom stereocenters. The fraction of sp³-hybridized carbons (Fsp3) is 0.833. The smallest absolute Gasteiger partial charge is 0.323 e. The third kappa shape index (κ3) is 4.27. The van der Waals surface area contributed by atoms with Crippen LogP contribution < -0.4 is 0 Å². The van der Waals surface area contributed by atoms with Crippen LogP contribution in [0.5, 0.6) is 0 Å². The van der Waals surface area contributed by atoms with Crippen molar-refractivity contribution in [3.63, 3.8) is 0 Å². The molecule has 0 aliphatic carbocycles. The van der Waals surface area contributed by atoms with Gasteiger partial charge >= 0.3 is 11.9 Å². The summed E-state index contributed by atoms with van der Waals surface area (Å²) in [6.07, 6.45) is -0.00852. The first-order valence-electron chi connectivity index (χ1n) is 6.17. The number of ether oxygens (including phenoxy) is 3. The highest BCUT2D eigenvalue weighted by Crippen LogP contribution is 2.13. The molecule has 6 nitrogen and oxygen atoms in total. The second-order valence-corrected chi connectivity index (χ2v) is 4.20. The molecule has 0 bridgehead atoms. The van der Waals surface area contributed by atoms with E-state index in [0.29, 0.717) is 26.3 Å². The Labute approximate surface area is 107 Å². The Hall–Kier alpha value is -1.14. The van der Waals surface area contributed by atoms with E-state index in [4.69, 9.17) is 9.47 Å². The van der Waals surface area contributed by atoms with E-state index in [1.807, 2.05) is 4.90 Å². The second-order valence-electron chi connectivity index (χ2n) is 4.20. The molecular weight excluding hydrogens is 238 g/mol. The molecule has 0 amide bonds. The highest BCUT2D eigenvalue weighted by Gasteiger charge is 2.29. The maximum absolute atomic E-state index is 11.6. The minimum absolute atomic E-state index is 0.211. The van der Waals surface area contributed by atoms with Gasteiger partial charge in [-0.2, -0.15) is 0 Å². The van der Waals surface area contributed by atoms with Crippen LogP contribution >= 0.6 is 0 Å². The van der Waals surface area contributed by atoms with Crippen LogP contribution in [0.1, 0.15) is 20.3 Å². The Morgan fingerprint density at radius 1 is 1.50 bits per heavy atom. The second kappa shape index (κ2) is 7.33. The molecule has 0 aromatic carbocycles. The number of nitrogens with zero attached hydrogens (tertiary/aromatic N) is 1. The number of hydrogen-bond acceptors (Lipinski definition) is 6. The summed E-state index contributed by atoms with van der Waals surface area (Å²) in [6.45, 7) is 5.67. The van der Waals surface area contributed by atoms with Gasteiger partial charge < -0.3 is 14.2 Å². The van der Waals surface area contributed by atoms with E-state index in [2.05, 4.69) is 4.74 Å². The molecule has 1 aliphatic rings. The van der Waals surface area contributed by atoms with Gasteiger partial charge in [0.05, 0.1) is 32.8 Å². The summed E-state index contributed by atoms with van der Waals surface area (Å²) in [5.41, 5.74) is 0. The highest BCUT2D eigenvalue weighted by atomic mass is 16.5. The van der Waals surface area contributed by atoms with Gasteiger partial charge in [0.2, 0.25) is 0 Å². The van der Waals surface area contributed by atoms with E-state index in [1.54, 1.807) is 13.8 Å². The predicted molar refractivity (Wildman–Crippen MR) is 64.0 cm³/mol. The molecule has 18 heavy (non-hydrogen) atoms. The van der Waals surface area contributed by atoms with E-state index in [1.165, 1.54) is 7.11 Å². The van der Waals surface area contributed by atoms with Gasteiger partial charge in [-0.05, 0) is 13.8 Å². The van der Waals surface area contributed by atoms with E-state index in [9.17, 15) is 9.59 Å². The van der Waals surface area contributed by atoms with Crippen molar-refractivity contribution in [3.05, 3.63) is 0 Å². The minimum atomic E-state index is -0.311. The third-order valence-corrected chi connectivity index (χ3v) is 2.97. The quantitative estimate of drug-likeness (QED) is 0.657. The molecule has 0 radical (unpaired) electrons. The van der Waals surface area contributed by atoms with Crippen molar-refractivity contribution in [1.29, 1.82) is 0 Å². The van der Waals surface area contributed by atoms with Crippen LogP contribution in [0.4, 0.5) is 0 Å². The van der Waals surface area contributed by atoms with Crippen LogP contribution in [-0.4, -0.2) is 62.4 Å². The Morgan fingerprint density at radius 2 is 2.22 bits per heavy atom. The monoisotopic (exact) mass is 259 g/mol. The molecule has 1 aliphatic heterocycles. The lowest BCUT2D eigenvalue weighted by Crippen LogP contribution is -2.50. The molecule has 1 fully saturated rings. The lowest BCUT2D eigenvalue weighted by Gasteiger charge is -2.35. The zero-order valence-corrected chi connectivity index (χ0v) is 11.2. The molecule has 0 aromatic rings. The first-order valence-corrected chi connectivity index (χ1v) is 6.17. The fourth-order valence-electron chi connectivity index (χ4n) is 1.90. The number of esters is 2. The first kappa shape index (κ1) is 14.9. The van der Waals surface area contributed by atoms with Crippen LogP contribution in [0, 0.1) is 0 Å². The van der Waals surface area contributed by atoms with Crippen molar-refractivity contribution >= 4 is 11.9 Å². The normalized spacial score (nSPS) is 22.3. The van der Waals surface area contributed by atoms with Gasteiger partial charge in [0.15, 0.2) is 0 Å². The van der Waals surface area contributed by atoms with Gasteiger partial charge in [-0.15, -0.1) is 0 Å². The largest absolute Gasteiger partial charge is 0.469 e. The molecule has 2 unspecified atom stereocenters. The Balaban J connectivity index is 2.47. The molecule has 0 N–H and O–H groups in total. The topological polar surface area (TPSA) is 65.1 Å². The maximum atomic E-state index is 11.6. The van der Waals surface area contributed by atoms with Gasteiger partial charge in [0, 0.05) is 13.1 Å². The highest BCUT2D eigenvalue weighted by molar-refractivity contribution is 5.75. The Bertz CT molecular complexity index is 294. The van der Waals surface area contributed by atoms with Gasteiger partial charge in [-0.1, -0.05) is 0 Å². The summed E-state index contributed by atoms with van der Waals surface area (Å²) < 4.78 is 15.1. The number of morpholine rings is 1. The molecular formula is C12H21NO5. The first-order chi connectivity index (χ1) is 8.58. The van der Waals surface area contributed by atoms with Crippen LogP contribution in [0.15, 0.2) is 0 Å². The number of carbonyl (C=O) groups is 2. The van der Waals surface area contributed by atoms with E-state index < -0.39 is 0 Å². The standard InChI is InChI=1S/C12H21NO5/c1-4-17-12(15)9(2)13-5-6-18-10(8-13)7-11(14)16-3/h9-10H,4-8H2,1-3H3. The summed E-state index contributed by atoms with van der Waals surface area (Å²) in [6, 6.07) is -0.311. The minimum Gasteiger partial charge on any atom is -0.469 e. The zero-order valence-electron chi connectivity index (χ0n) is 11.2. The van der Waals surface area contributed by atoms with Gasteiger partial charge in [0.25, 0.3) is 0 Å². The fourth-order valence-corrected chi connectivity index (χ4v) is 1.90.